The van der Waals surface area contributed by atoms with Gasteiger partial charge < -0.3 is 10.1 Å². The number of thioether (sulfide) groups is 1. The molecule has 1 amide bonds. The summed E-state index contributed by atoms with van der Waals surface area (Å²) in [4.78, 5) is 16.7. The second-order valence-corrected chi connectivity index (χ2v) is 8.62. The Hall–Kier alpha value is -3.07. The maximum atomic E-state index is 12.5. The van der Waals surface area contributed by atoms with Gasteiger partial charge in [0.15, 0.2) is 11.0 Å². The Morgan fingerprint density at radius 3 is 2.52 bits per heavy atom. The van der Waals surface area contributed by atoms with Gasteiger partial charge in [-0.3, -0.25) is 14.3 Å². The third kappa shape index (κ3) is 5.84. The zero-order valence-corrected chi connectivity index (χ0v) is 19.9. The summed E-state index contributed by atoms with van der Waals surface area (Å²) < 4.78 is 7.44. The van der Waals surface area contributed by atoms with Gasteiger partial charge in [0.1, 0.15) is 5.75 Å². The van der Waals surface area contributed by atoms with Crippen molar-refractivity contribution in [3.8, 4) is 22.8 Å². The first-order chi connectivity index (χ1) is 16.0. The van der Waals surface area contributed by atoms with Gasteiger partial charge in [-0.25, -0.2) is 0 Å². The van der Waals surface area contributed by atoms with Crippen molar-refractivity contribution in [1.82, 2.24) is 19.7 Å². The molecule has 168 valence electrons. The number of ether oxygens (including phenoxy) is 1. The number of nitrogens with one attached hydrogen (secondary N) is 1. The maximum Gasteiger partial charge on any atom is 0.234 e. The molecule has 0 radical (unpaired) electrons. The number of anilines is 1. The second-order valence-electron chi connectivity index (χ2n) is 6.81. The van der Waals surface area contributed by atoms with E-state index >= 15 is 0 Å². The molecule has 0 saturated heterocycles. The molecule has 0 aliphatic rings. The molecule has 0 fully saturated rings. The lowest BCUT2D eigenvalue weighted by atomic mass is 10.2. The summed E-state index contributed by atoms with van der Waals surface area (Å²) in [5, 5.41) is 13.0. The summed E-state index contributed by atoms with van der Waals surface area (Å²) in [5.41, 5.74) is 2.18. The van der Waals surface area contributed by atoms with Gasteiger partial charge in [0.05, 0.1) is 12.4 Å². The zero-order valence-electron chi connectivity index (χ0n) is 17.5. The Morgan fingerprint density at radius 2 is 1.85 bits per heavy atom. The Kier molecular flexibility index (Phi) is 7.49. The zero-order chi connectivity index (χ0) is 23.2. The van der Waals surface area contributed by atoms with Crippen LogP contribution in [0.3, 0.4) is 0 Å². The van der Waals surface area contributed by atoms with Gasteiger partial charge in [-0.1, -0.05) is 35.0 Å². The molecule has 1 N–H and O–H groups in total. The topological polar surface area (TPSA) is 81.9 Å². The molecule has 10 heteroatoms. The maximum absolute atomic E-state index is 12.5. The van der Waals surface area contributed by atoms with E-state index in [-0.39, 0.29) is 11.7 Å². The number of hydrogen-bond acceptors (Lipinski definition) is 6. The van der Waals surface area contributed by atoms with Crippen molar-refractivity contribution in [2.45, 2.75) is 12.1 Å². The van der Waals surface area contributed by atoms with Crippen LogP contribution < -0.4 is 10.1 Å². The monoisotopic (exact) mass is 499 g/mol. The minimum atomic E-state index is -0.220. The number of hydrogen-bond donors (Lipinski definition) is 1. The van der Waals surface area contributed by atoms with E-state index in [9.17, 15) is 4.79 Å². The fraction of sp³-hybridized carbons (Fsp3) is 0.130. The molecule has 7 nitrogen and oxygen atoms in total. The SMILES string of the molecule is CCOc1ccc(-n2c(SCC(=O)Nc3cc(Cl)cc(Cl)c3)nnc2-c2cccnc2)cc1. The van der Waals surface area contributed by atoms with Crippen LogP contribution in [0.2, 0.25) is 10.0 Å². The fourth-order valence-corrected chi connectivity index (χ4v) is 4.37. The first-order valence-electron chi connectivity index (χ1n) is 10.0. The molecule has 33 heavy (non-hydrogen) atoms. The average Bonchev–Trinajstić information content (AvgIpc) is 3.22. The Morgan fingerprint density at radius 1 is 1.09 bits per heavy atom. The van der Waals surface area contributed by atoms with E-state index in [1.165, 1.54) is 11.8 Å². The van der Waals surface area contributed by atoms with Crippen LogP contribution >= 0.6 is 35.0 Å². The van der Waals surface area contributed by atoms with Gasteiger partial charge in [-0.15, -0.1) is 10.2 Å². The summed E-state index contributed by atoms with van der Waals surface area (Å²) in [7, 11) is 0. The van der Waals surface area contributed by atoms with Gasteiger partial charge in [-0.2, -0.15) is 0 Å². The number of carbonyl (C=O) groups is 1. The van der Waals surface area contributed by atoms with Crippen LogP contribution in [-0.4, -0.2) is 38.0 Å². The summed E-state index contributed by atoms with van der Waals surface area (Å²) in [6.45, 7) is 2.52. The van der Waals surface area contributed by atoms with Crippen LogP contribution in [-0.2, 0) is 4.79 Å². The number of pyridine rings is 1. The minimum Gasteiger partial charge on any atom is -0.494 e. The molecule has 4 aromatic rings. The highest BCUT2D eigenvalue weighted by Crippen LogP contribution is 2.29. The average molecular weight is 500 g/mol. The Bertz CT molecular complexity index is 1230. The van der Waals surface area contributed by atoms with Crippen LogP contribution in [0.1, 0.15) is 6.92 Å². The van der Waals surface area contributed by atoms with Crippen LogP contribution in [0.15, 0.2) is 72.1 Å². The van der Waals surface area contributed by atoms with Gasteiger partial charge in [-0.05, 0) is 61.5 Å². The standard InChI is InChI=1S/C23H19Cl2N5O2S/c1-2-32-20-7-5-19(6-8-20)30-22(15-4-3-9-26-13-15)28-29-23(30)33-14-21(31)27-18-11-16(24)10-17(25)12-18/h3-13H,2,14H2,1H3,(H,27,31). The number of aromatic nitrogens is 4. The predicted octanol–water partition coefficient (Wildman–Crippen LogP) is 5.77. The summed E-state index contributed by atoms with van der Waals surface area (Å²) in [5.74, 6) is 1.29. The summed E-state index contributed by atoms with van der Waals surface area (Å²) >= 11 is 13.3. The molecule has 4 rings (SSSR count). The molecule has 0 aliphatic carbocycles. The number of carbonyl (C=O) groups excluding carboxylic acids is 1. The molecule has 2 aromatic carbocycles. The number of benzene rings is 2. The lowest BCUT2D eigenvalue weighted by molar-refractivity contribution is -0.113. The fourth-order valence-electron chi connectivity index (χ4n) is 3.09. The van der Waals surface area contributed by atoms with Crippen molar-refractivity contribution in [3.05, 3.63) is 77.0 Å². The first-order valence-corrected chi connectivity index (χ1v) is 11.8. The molecule has 2 aromatic heterocycles. The van der Waals surface area contributed by atoms with Crippen LogP contribution in [0, 0.1) is 0 Å². The molecule has 0 saturated carbocycles. The van der Waals surface area contributed by atoms with Crippen molar-refractivity contribution in [2.24, 2.45) is 0 Å². The summed E-state index contributed by atoms with van der Waals surface area (Å²) in [6, 6.07) is 16.2. The highest BCUT2D eigenvalue weighted by atomic mass is 35.5. The van der Waals surface area contributed by atoms with E-state index in [2.05, 4.69) is 20.5 Å². The van der Waals surface area contributed by atoms with E-state index in [0.29, 0.717) is 33.3 Å². The van der Waals surface area contributed by atoms with E-state index < -0.39 is 0 Å². The largest absolute Gasteiger partial charge is 0.494 e. The first kappa shape index (κ1) is 23.1. The van der Waals surface area contributed by atoms with Crippen LogP contribution in [0.25, 0.3) is 17.1 Å². The van der Waals surface area contributed by atoms with Crippen LogP contribution in [0.4, 0.5) is 5.69 Å². The minimum absolute atomic E-state index is 0.117. The third-order valence-corrected chi connectivity index (χ3v) is 5.80. The molecular formula is C23H19Cl2N5O2S. The van der Waals surface area contributed by atoms with Crippen molar-refractivity contribution in [3.63, 3.8) is 0 Å². The Balaban J connectivity index is 1.58. The normalized spacial score (nSPS) is 10.8. The van der Waals surface area contributed by atoms with Gasteiger partial charge in [0.25, 0.3) is 0 Å². The van der Waals surface area contributed by atoms with Crippen molar-refractivity contribution < 1.29 is 9.53 Å². The molecule has 0 spiro atoms. The number of nitrogens with zero attached hydrogens (tertiary/aromatic N) is 4. The van der Waals surface area contributed by atoms with E-state index in [4.69, 9.17) is 27.9 Å². The highest BCUT2D eigenvalue weighted by Gasteiger charge is 2.18. The molecule has 0 atom stereocenters. The lowest BCUT2D eigenvalue weighted by Crippen LogP contribution is -2.14. The van der Waals surface area contributed by atoms with E-state index in [0.717, 1.165) is 17.0 Å². The van der Waals surface area contributed by atoms with E-state index in [1.54, 1.807) is 30.6 Å². The van der Waals surface area contributed by atoms with Gasteiger partial charge >= 0.3 is 0 Å². The molecule has 0 bridgehead atoms. The predicted molar refractivity (Wildman–Crippen MR) is 132 cm³/mol. The van der Waals surface area contributed by atoms with Gasteiger partial charge in [0, 0.05) is 39.4 Å². The molecule has 0 unspecified atom stereocenters. The number of rotatable bonds is 8. The Labute approximate surface area is 205 Å². The molecule has 0 aliphatic heterocycles. The van der Waals surface area contributed by atoms with Crippen LogP contribution in [0.5, 0.6) is 5.75 Å². The van der Waals surface area contributed by atoms with E-state index in [1.807, 2.05) is 47.9 Å². The van der Waals surface area contributed by atoms with Crippen molar-refractivity contribution >= 4 is 46.6 Å². The summed E-state index contributed by atoms with van der Waals surface area (Å²) in [6.07, 6.45) is 3.42. The highest BCUT2D eigenvalue weighted by molar-refractivity contribution is 7.99. The molecular weight excluding hydrogens is 481 g/mol. The smallest absolute Gasteiger partial charge is 0.234 e. The van der Waals surface area contributed by atoms with Crippen molar-refractivity contribution in [1.29, 1.82) is 0 Å². The second kappa shape index (κ2) is 10.7. The number of amides is 1. The third-order valence-electron chi connectivity index (χ3n) is 4.44. The quantitative estimate of drug-likeness (QED) is 0.310. The van der Waals surface area contributed by atoms with Crippen molar-refractivity contribution in [2.75, 3.05) is 17.7 Å². The molecule has 2 heterocycles. The number of halogens is 2. The lowest BCUT2D eigenvalue weighted by Gasteiger charge is -2.11. The van der Waals surface area contributed by atoms with Gasteiger partial charge in [0.2, 0.25) is 5.91 Å².